The number of amides is 1. The van der Waals surface area contributed by atoms with E-state index in [0.29, 0.717) is 10.6 Å². The van der Waals surface area contributed by atoms with Crippen molar-refractivity contribution in [2.24, 2.45) is 0 Å². The minimum atomic E-state index is -0.173. The molecule has 3 nitrogen and oxygen atoms in total. The Kier molecular flexibility index (Phi) is 3.17. The van der Waals surface area contributed by atoms with E-state index in [0.717, 1.165) is 0 Å². The number of aromatic nitrogens is 1. The molecule has 1 heterocycles. The zero-order chi connectivity index (χ0) is 11.4. The van der Waals surface area contributed by atoms with Crippen molar-refractivity contribution in [2.45, 2.75) is 0 Å². The molecule has 4 heteroatoms. The molecule has 0 saturated carbocycles. The number of hydrogen-bond donors (Lipinski definition) is 1. The number of carbonyl (C=O) groups is 1. The van der Waals surface area contributed by atoms with Gasteiger partial charge in [-0.25, -0.2) is 0 Å². The average Bonchev–Trinajstić information content (AvgIpc) is 2.31. The summed E-state index contributed by atoms with van der Waals surface area (Å²) in [5.41, 5.74) is 3.28. The Morgan fingerprint density at radius 3 is 2.31 bits per heavy atom. The molecule has 1 N–H and O–H groups in total. The number of halogens is 1. The summed E-state index contributed by atoms with van der Waals surface area (Å²) in [6.07, 6.45) is 3.52. The van der Waals surface area contributed by atoms with Gasteiger partial charge in [-0.05, 0) is 24.3 Å². The third-order valence-electron chi connectivity index (χ3n) is 2.05. The summed E-state index contributed by atoms with van der Waals surface area (Å²) < 4.78 is 1.59. The topological polar surface area (TPSA) is 33.0 Å². The van der Waals surface area contributed by atoms with Crippen LogP contribution in [0.2, 0.25) is 5.02 Å². The van der Waals surface area contributed by atoms with Gasteiger partial charge in [-0.2, -0.15) is 0 Å². The maximum Gasteiger partial charge on any atom is 0.305 e. The van der Waals surface area contributed by atoms with E-state index in [1.807, 2.05) is 18.2 Å². The van der Waals surface area contributed by atoms with Crippen molar-refractivity contribution in [3.63, 3.8) is 0 Å². The first kappa shape index (κ1) is 10.6. The lowest BCUT2D eigenvalue weighted by atomic mass is 10.2. The summed E-state index contributed by atoms with van der Waals surface area (Å²) in [6, 6.07) is 12.3. The molecule has 0 spiro atoms. The molecule has 0 bridgehead atoms. The molecule has 1 aromatic carbocycles. The van der Waals surface area contributed by atoms with E-state index in [-0.39, 0.29) is 5.91 Å². The van der Waals surface area contributed by atoms with Gasteiger partial charge in [-0.15, -0.1) is 5.43 Å². The standard InChI is InChI=1S/C12H9ClN2O/c13-11-6-4-10(5-7-11)12(16)14-15-8-2-1-3-9-15/h1-9H/p+1. The monoisotopic (exact) mass is 233 g/mol. The lowest BCUT2D eigenvalue weighted by Crippen LogP contribution is -2.47. The summed E-state index contributed by atoms with van der Waals surface area (Å²) in [4.78, 5) is 11.8. The molecule has 0 saturated heterocycles. The first-order valence-corrected chi connectivity index (χ1v) is 5.17. The zero-order valence-corrected chi connectivity index (χ0v) is 9.19. The number of hydrogen-bond acceptors (Lipinski definition) is 1. The zero-order valence-electron chi connectivity index (χ0n) is 8.43. The summed E-state index contributed by atoms with van der Waals surface area (Å²) in [5, 5.41) is 0.615. The van der Waals surface area contributed by atoms with Crippen LogP contribution in [-0.2, 0) is 0 Å². The van der Waals surface area contributed by atoms with E-state index in [1.165, 1.54) is 0 Å². The van der Waals surface area contributed by atoms with E-state index in [1.54, 1.807) is 41.3 Å². The second kappa shape index (κ2) is 4.77. The van der Waals surface area contributed by atoms with Crippen molar-refractivity contribution < 1.29 is 9.47 Å². The molecule has 2 rings (SSSR count). The highest BCUT2D eigenvalue weighted by molar-refractivity contribution is 6.30. The SMILES string of the molecule is O=C(N[n+]1ccccc1)c1ccc(Cl)cc1. The fourth-order valence-electron chi connectivity index (χ4n) is 1.26. The van der Waals surface area contributed by atoms with Gasteiger partial charge in [0.05, 0.1) is 0 Å². The number of benzene rings is 1. The van der Waals surface area contributed by atoms with Gasteiger partial charge in [0.25, 0.3) is 0 Å². The maximum absolute atomic E-state index is 11.8. The van der Waals surface area contributed by atoms with Crippen LogP contribution in [0.15, 0.2) is 54.9 Å². The lowest BCUT2D eigenvalue weighted by Gasteiger charge is -1.99. The molecule has 0 radical (unpaired) electrons. The Bertz CT molecular complexity index is 482. The van der Waals surface area contributed by atoms with Gasteiger partial charge in [0, 0.05) is 22.7 Å². The fourth-order valence-corrected chi connectivity index (χ4v) is 1.38. The molecular weight excluding hydrogens is 224 g/mol. The highest BCUT2D eigenvalue weighted by Gasteiger charge is 2.09. The van der Waals surface area contributed by atoms with Gasteiger partial charge in [-0.3, -0.25) is 4.79 Å². The number of nitrogens with one attached hydrogen (secondary N) is 1. The second-order valence-corrected chi connectivity index (χ2v) is 3.67. The lowest BCUT2D eigenvalue weighted by molar-refractivity contribution is -0.641. The van der Waals surface area contributed by atoms with Crippen molar-refractivity contribution >= 4 is 17.5 Å². The third kappa shape index (κ3) is 2.58. The van der Waals surface area contributed by atoms with Crippen LogP contribution in [0.5, 0.6) is 0 Å². The number of pyridine rings is 1. The Hall–Kier alpha value is -1.87. The van der Waals surface area contributed by atoms with Crippen molar-refractivity contribution in [2.75, 3.05) is 5.43 Å². The highest BCUT2D eigenvalue weighted by atomic mass is 35.5. The Balaban J connectivity index is 2.12. The first-order valence-electron chi connectivity index (χ1n) is 4.79. The summed E-state index contributed by atoms with van der Waals surface area (Å²) in [5.74, 6) is -0.173. The normalized spacial score (nSPS) is 9.81. The molecule has 1 amide bonds. The van der Waals surface area contributed by atoms with E-state index < -0.39 is 0 Å². The molecule has 16 heavy (non-hydrogen) atoms. The van der Waals surface area contributed by atoms with Crippen molar-refractivity contribution in [3.05, 3.63) is 65.4 Å². The van der Waals surface area contributed by atoms with Crippen LogP contribution >= 0.6 is 11.6 Å². The Labute approximate surface area is 98.3 Å². The molecule has 0 fully saturated rings. The molecule has 0 aliphatic heterocycles. The smallest absolute Gasteiger partial charge is 0.264 e. The van der Waals surface area contributed by atoms with Crippen LogP contribution in [0.4, 0.5) is 0 Å². The van der Waals surface area contributed by atoms with Crippen molar-refractivity contribution in [1.29, 1.82) is 0 Å². The molecule has 80 valence electrons. The van der Waals surface area contributed by atoms with Crippen LogP contribution in [0, 0.1) is 0 Å². The fraction of sp³-hybridized carbons (Fsp3) is 0. The summed E-state index contributed by atoms with van der Waals surface area (Å²) in [6.45, 7) is 0. The predicted molar refractivity (Wildman–Crippen MR) is 61.8 cm³/mol. The van der Waals surface area contributed by atoms with Crippen molar-refractivity contribution in [3.8, 4) is 0 Å². The average molecular weight is 234 g/mol. The van der Waals surface area contributed by atoms with Crippen LogP contribution in [0.1, 0.15) is 10.4 Å². The summed E-state index contributed by atoms with van der Waals surface area (Å²) in [7, 11) is 0. The van der Waals surface area contributed by atoms with Gasteiger partial charge in [0.1, 0.15) is 0 Å². The highest BCUT2D eigenvalue weighted by Crippen LogP contribution is 2.09. The van der Waals surface area contributed by atoms with Crippen LogP contribution in [-0.4, -0.2) is 5.91 Å². The molecule has 0 aliphatic rings. The van der Waals surface area contributed by atoms with Crippen molar-refractivity contribution in [1.82, 2.24) is 0 Å². The van der Waals surface area contributed by atoms with Crippen LogP contribution in [0.3, 0.4) is 0 Å². The number of rotatable bonds is 2. The third-order valence-corrected chi connectivity index (χ3v) is 2.30. The van der Waals surface area contributed by atoms with Gasteiger partial charge >= 0.3 is 5.91 Å². The molecule has 1 aromatic heterocycles. The minimum Gasteiger partial charge on any atom is -0.264 e. The second-order valence-electron chi connectivity index (χ2n) is 3.23. The van der Waals surface area contributed by atoms with Gasteiger partial charge in [-0.1, -0.05) is 22.3 Å². The molecule has 0 unspecified atom stereocenters. The summed E-state index contributed by atoms with van der Waals surface area (Å²) >= 11 is 5.74. The van der Waals surface area contributed by atoms with Gasteiger partial charge in [0.2, 0.25) is 0 Å². The van der Waals surface area contributed by atoms with Crippen LogP contribution < -0.4 is 10.1 Å². The van der Waals surface area contributed by atoms with E-state index in [9.17, 15) is 4.79 Å². The van der Waals surface area contributed by atoms with E-state index in [2.05, 4.69) is 5.43 Å². The molecule has 0 aliphatic carbocycles. The van der Waals surface area contributed by atoms with E-state index in [4.69, 9.17) is 11.6 Å². The van der Waals surface area contributed by atoms with Gasteiger partial charge < -0.3 is 0 Å². The Morgan fingerprint density at radius 2 is 1.69 bits per heavy atom. The maximum atomic E-state index is 11.8. The largest absolute Gasteiger partial charge is 0.305 e. The minimum absolute atomic E-state index is 0.173. The molecule has 2 aromatic rings. The van der Waals surface area contributed by atoms with Crippen LogP contribution in [0.25, 0.3) is 0 Å². The Morgan fingerprint density at radius 1 is 1.06 bits per heavy atom. The first-order chi connectivity index (χ1) is 7.75. The molecule has 0 atom stereocenters. The number of carbonyl (C=O) groups excluding carboxylic acids is 1. The number of nitrogens with zero attached hydrogens (tertiary/aromatic N) is 1. The predicted octanol–water partition coefficient (Wildman–Crippen LogP) is 2.01. The van der Waals surface area contributed by atoms with Gasteiger partial charge in [0.15, 0.2) is 12.4 Å². The quantitative estimate of drug-likeness (QED) is 0.791. The molecular formula is C12H10ClN2O+. The van der Waals surface area contributed by atoms with E-state index >= 15 is 0 Å².